The minimum Gasteiger partial charge on any atom is -0.460 e. The number of esters is 2. The first-order valence-electron chi connectivity index (χ1n) is 14.4. The second-order valence-corrected chi connectivity index (χ2v) is 10.9. The van der Waals surface area contributed by atoms with Gasteiger partial charge in [-0.2, -0.15) is 0 Å². The van der Waals surface area contributed by atoms with Gasteiger partial charge in [0.05, 0.1) is 6.54 Å². The molecule has 216 valence electrons. The van der Waals surface area contributed by atoms with Gasteiger partial charge in [0, 0.05) is 12.0 Å². The van der Waals surface area contributed by atoms with Crippen molar-refractivity contribution in [3.05, 3.63) is 12.2 Å². The molecule has 0 fully saturated rings. The van der Waals surface area contributed by atoms with Crippen LogP contribution in [0.5, 0.6) is 0 Å². The Balaban J connectivity index is 4.45. The minimum absolute atomic E-state index is 0.0658. The standard InChI is InChI=1S/C30H55NO6/c1-9-13-17-25(11-3)23-29(7,12-4)36-26(32)18-15-14-16-20-30(8,19-10-2)37-28(34)31-21-22-35-27(33)24(5)6/h25H,5,9-23H2,1-4,6-8H3,(H,31,34). The van der Waals surface area contributed by atoms with Gasteiger partial charge in [0.15, 0.2) is 0 Å². The molecule has 7 nitrogen and oxygen atoms in total. The summed E-state index contributed by atoms with van der Waals surface area (Å²) < 4.78 is 16.6. The van der Waals surface area contributed by atoms with Crippen molar-refractivity contribution in [2.75, 3.05) is 13.2 Å². The molecule has 3 atom stereocenters. The Morgan fingerprint density at radius 3 is 2.16 bits per heavy atom. The summed E-state index contributed by atoms with van der Waals surface area (Å²) in [7, 11) is 0. The van der Waals surface area contributed by atoms with Gasteiger partial charge >= 0.3 is 18.0 Å². The molecule has 0 aliphatic heterocycles. The van der Waals surface area contributed by atoms with Crippen molar-refractivity contribution in [3.63, 3.8) is 0 Å². The molecule has 0 radical (unpaired) electrons. The third-order valence-corrected chi connectivity index (χ3v) is 7.03. The SMILES string of the molecule is C=C(C)C(=O)OCCNC(=O)OC(C)(CCC)CCCCCC(=O)OC(C)(CC)CC(CC)CCCC. The lowest BCUT2D eigenvalue weighted by Gasteiger charge is -2.32. The topological polar surface area (TPSA) is 90.9 Å². The Kier molecular flexibility index (Phi) is 18.0. The molecule has 37 heavy (non-hydrogen) atoms. The van der Waals surface area contributed by atoms with Gasteiger partial charge < -0.3 is 19.5 Å². The molecule has 0 saturated heterocycles. The van der Waals surface area contributed by atoms with E-state index in [2.05, 4.69) is 46.5 Å². The number of rotatable bonds is 21. The zero-order valence-electron chi connectivity index (χ0n) is 24.8. The molecule has 0 heterocycles. The van der Waals surface area contributed by atoms with Crippen LogP contribution in [-0.2, 0) is 23.8 Å². The van der Waals surface area contributed by atoms with E-state index in [4.69, 9.17) is 14.2 Å². The molecule has 0 aromatic rings. The summed E-state index contributed by atoms with van der Waals surface area (Å²) in [6.07, 6.45) is 11.2. The van der Waals surface area contributed by atoms with Crippen molar-refractivity contribution < 1.29 is 28.6 Å². The summed E-state index contributed by atoms with van der Waals surface area (Å²) >= 11 is 0. The fourth-order valence-corrected chi connectivity index (χ4v) is 4.52. The van der Waals surface area contributed by atoms with Crippen molar-refractivity contribution in [1.29, 1.82) is 0 Å². The van der Waals surface area contributed by atoms with E-state index in [0.717, 1.165) is 57.8 Å². The first-order valence-corrected chi connectivity index (χ1v) is 14.4. The predicted molar refractivity (Wildman–Crippen MR) is 149 cm³/mol. The van der Waals surface area contributed by atoms with Crippen LogP contribution >= 0.6 is 0 Å². The van der Waals surface area contributed by atoms with E-state index < -0.39 is 23.3 Å². The van der Waals surface area contributed by atoms with Crippen LogP contribution in [0.1, 0.15) is 132 Å². The van der Waals surface area contributed by atoms with Crippen molar-refractivity contribution in [2.24, 2.45) is 5.92 Å². The molecule has 0 aliphatic rings. The second-order valence-electron chi connectivity index (χ2n) is 10.9. The van der Waals surface area contributed by atoms with Crippen LogP contribution in [0.25, 0.3) is 0 Å². The molecule has 3 unspecified atom stereocenters. The molecule has 0 aromatic heterocycles. The smallest absolute Gasteiger partial charge is 0.407 e. The molecule has 0 saturated carbocycles. The fourth-order valence-electron chi connectivity index (χ4n) is 4.52. The Labute approximate surface area is 226 Å². The van der Waals surface area contributed by atoms with Gasteiger partial charge in [-0.25, -0.2) is 9.59 Å². The van der Waals surface area contributed by atoms with Gasteiger partial charge in [0.2, 0.25) is 0 Å². The predicted octanol–water partition coefficient (Wildman–Crippen LogP) is 7.66. The molecule has 0 spiro atoms. The van der Waals surface area contributed by atoms with E-state index in [0.29, 0.717) is 17.9 Å². The van der Waals surface area contributed by atoms with E-state index in [1.807, 2.05) is 6.92 Å². The van der Waals surface area contributed by atoms with Crippen LogP contribution < -0.4 is 5.32 Å². The molecule has 0 bridgehead atoms. The highest BCUT2D eigenvalue weighted by molar-refractivity contribution is 5.86. The lowest BCUT2D eigenvalue weighted by molar-refractivity contribution is -0.160. The third-order valence-electron chi connectivity index (χ3n) is 7.03. The molecule has 0 rings (SSSR count). The monoisotopic (exact) mass is 525 g/mol. The molecule has 1 amide bonds. The highest BCUT2D eigenvalue weighted by Crippen LogP contribution is 2.30. The van der Waals surface area contributed by atoms with E-state index in [1.54, 1.807) is 6.92 Å². The largest absolute Gasteiger partial charge is 0.460 e. The number of nitrogens with one attached hydrogen (secondary N) is 1. The zero-order chi connectivity index (χ0) is 28.3. The van der Waals surface area contributed by atoms with Crippen LogP contribution in [0.2, 0.25) is 0 Å². The number of carbonyl (C=O) groups excluding carboxylic acids is 3. The number of unbranched alkanes of at least 4 members (excludes halogenated alkanes) is 3. The van der Waals surface area contributed by atoms with E-state index in [9.17, 15) is 14.4 Å². The first kappa shape index (κ1) is 35.0. The number of carbonyl (C=O) groups is 3. The lowest BCUT2D eigenvalue weighted by atomic mass is 9.85. The zero-order valence-corrected chi connectivity index (χ0v) is 24.8. The number of ether oxygens (including phenoxy) is 3. The molecule has 0 aromatic carbocycles. The maximum absolute atomic E-state index is 12.6. The summed E-state index contributed by atoms with van der Waals surface area (Å²) in [4.78, 5) is 36.2. The average molecular weight is 526 g/mol. The molecular formula is C30H55NO6. The van der Waals surface area contributed by atoms with Gasteiger partial charge in [0.25, 0.3) is 0 Å². The minimum atomic E-state index is -0.581. The highest BCUT2D eigenvalue weighted by Gasteiger charge is 2.30. The first-order chi connectivity index (χ1) is 17.4. The molecular weight excluding hydrogens is 470 g/mol. The fraction of sp³-hybridized carbons (Fsp3) is 0.833. The van der Waals surface area contributed by atoms with Crippen LogP contribution in [0.4, 0.5) is 4.79 Å². The van der Waals surface area contributed by atoms with Crippen LogP contribution in [-0.4, -0.2) is 42.4 Å². The Hall–Kier alpha value is -2.05. The van der Waals surface area contributed by atoms with Gasteiger partial charge in [-0.05, 0) is 65.2 Å². The number of hydrogen-bond acceptors (Lipinski definition) is 6. The second kappa shape index (κ2) is 19.1. The Bertz CT molecular complexity index is 694. The Morgan fingerprint density at radius 2 is 1.59 bits per heavy atom. The summed E-state index contributed by atoms with van der Waals surface area (Å²) in [5.41, 5.74) is -0.657. The van der Waals surface area contributed by atoms with E-state index in [-0.39, 0.29) is 19.1 Å². The summed E-state index contributed by atoms with van der Waals surface area (Å²) in [5.74, 6) is -0.00203. The van der Waals surface area contributed by atoms with Crippen molar-refractivity contribution in [3.8, 4) is 0 Å². The highest BCUT2D eigenvalue weighted by atomic mass is 16.6. The number of amides is 1. The summed E-state index contributed by atoms with van der Waals surface area (Å²) in [6.45, 7) is 17.9. The molecule has 7 heteroatoms. The average Bonchev–Trinajstić information content (AvgIpc) is 2.83. The van der Waals surface area contributed by atoms with Crippen LogP contribution in [0.15, 0.2) is 12.2 Å². The summed E-state index contributed by atoms with van der Waals surface area (Å²) in [5, 5.41) is 2.63. The van der Waals surface area contributed by atoms with E-state index >= 15 is 0 Å². The number of hydrogen-bond donors (Lipinski definition) is 1. The number of alkyl carbamates (subject to hydrolysis) is 1. The van der Waals surface area contributed by atoms with E-state index in [1.165, 1.54) is 19.3 Å². The molecule has 1 N–H and O–H groups in total. The van der Waals surface area contributed by atoms with Gasteiger partial charge in [-0.3, -0.25) is 4.79 Å². The van der Waals surface area contributed by atoms with Gasteiger partial charge in [0.1, 0.15) is 17.8 Å². The lowest BCUT2D eigenvalue weighted by Crippen LogP contribution is -2.38. The van der Waals surface area contributed by atoms with Gasteiger partial charge in [-0.1, -0.05) is 72.8 Å². The van der Waals surface area contributed by atoms with Crippen LogP contribution in [0, 0.1) is 5.92 Å². The maximum Gasteiger partial charge on any atom is 0.407 e. The van der Waals surface area contributed by atoms with Crippen molar-refractivity contribution in [1.82, 2.24) is 5.32 Å². The van der Waals surface area contributed by atoms with Crippen LogP contribution in [0.3, 0.4) is 0 Å². The Morgan fingerprint density at radius 1 is 0.892 bits per heavy atom. The van der Waals surface area contributed by atoms with Crippen molar-refractivity contribution in [2.45, 2.75) is 143 Å². The normalized spacial score (nSPS) is 15.1. The quantitative estimate of drug-likeness (QED) is 0.0716. The third kappa shape index (κ3) is 16.4. The van der Waals surface area contributed by atoms with Crippen molar-refractivity contribution >= 4 is 18.0 Å². The summed E-state index contributed by atoms with van der Waals surface area (Å²) in [6, 6.07) is 0. The maximum atomic E-state index is 12.6. The molecule has 0 aliphatic carbocycles. The van der Waals surface area contributed by atoms with Gasteiger partial charge in [-0.15, -0.1) is 0 Å².